The lowest BCUT2D eigenvalue weighted by molar-refractivity contribution is -0.139. The van der Waals surface area contributed by atoms with Gasteiger partial charge in [-0.3, -0.25) is 14.5 Å². The van der Waals surface area contributed by atoms with E-state index in [1.54, 1.807) is 23.1 Å². The molecule has 0 aliphatic carbocycles. The Morgan fingerprint density at radius 2 is 1.61 bits per heavy atom. The molecule has 2 fully saturated rings. The number of likely N-dealkylation sites (tertiary alicyclic amines) is 2. The van der Waals surface area contributed by atoms with Crippen LogP contribution in [0.4, 0.5) is 10.5 Å². The number of hydrogen-bond acceptors (Lipinski definition) is 4. The Kier molecular flexibility index (Phi) is 6.27. The summed E-state index contributed by atoms with van der Waals surface area (Å²) < 4.78 is 5.84. The van der Waals surface area contributed by atoms with Crippen LogP contribution < -0.4 is 15.4 Å². The van der Waals surface area contributed by atoms with Crippen molar-refractivity contribution in [1.29, 1.82) is 0 Å². The zero-order chi connectivity index (χ0) is 22.1. The second-order valence-corrected chi connectivity index (χ2v) is 9.13. The zero-order valence-corrected chi connectivity index (χ0v) is 18.5. The number of fused-ring (bicyclic) bond motifs is 1. The summed E-state index contributed by atoms with van der Waals surface area (Å²) in [6, 6.07) is 5.23. The number of nitrogens with two attached hydrogens (primary N) is 1. The van der Waals surface area contributed by atoms with Gasteiger partial charge in [0.1, 0.15) is 11.9 Å². The van der Waals surface area contributed by atoms with Gasteiger partial charge in [-0.2, -0.15) is 0 Å². The minimum Gasteiger partial charge on any atom is -0.487 e. The number of amides is 4. The molecule has 0 bridgehead atoms. The quantitative estimate of drug-likeness (QED) is 0.751. The first-order valence-corrected chi connectivity index (χ1v) is 11.3. The van der Waals surface area contributed by atoms with Gasteiger partial charge in [-0.25, -0.2) is 4.79 Å². The molecule has 168 valence electrons. The summed E-state index contributed by atoms with van der Waals surface area (Å²) in [6.07, 6.45) is 2.44. The molecule has 1 atom stereocenters. The van der Waals surface area contributed by atoms with Gasteiger partial charge in [-0.15, -0.1) is 0 Å². The second kappa shape index (κ2) is 8.94. The first-order chi connectivity index (χ1) is 14.8. The number of benzene rings is 1. The van der Waals surface area contributed by atoms with Gasteiger partial charge in [0.15, 0.2) is 0 Å². The molecule has 3 aliphatic rings. The third kappa shape index (κ3) is 4.59. The van der Waals surface area contributed by atoms with Crippen LogP contribution in [0.3, 0.4) is 0 Å². The van der Waals surface area contributed by atoms with E-state index in [1.165, 1.54) is 0 Å². The molecule has 4 rings (SSSR count). The van der Waals surface area contributed by atoms with Crippen LogP contribution in [-0.2, 0) is 9.59 Å². The molecule has 9 heteroatoms. The molecule has 8 nitrogen and oxygen atoms in total. The molecule has 1 aromatic rings. The van der Waals surface area contributed by atoms with E-state index in [2.05, 4.69) is 0 Å². The number of rotatable bonds is 2. The van der Waals surface area contributed by atoms with Crippen molar-refractivity contribution in [2.75, 3.05) is 37.6 Å². The molecule has 31 heavy (non-hydrogen) atoms. The maximum atomic E-state index is 13.3. The highest BCUT2D eigenvalue weighted by Gasteiger charge is 2.36. The van der Waals surface area contributed by atoms with Crippen molar-refractivity contribution in [3.05, 3.63) is 23.2 Å². The third-order valence-electron chi connectivity index (χ3n) is 6.53. The highest BCUT2D eigenvalue weighted by molar-refractivity contribution is 6.31. The van der Waals surface area contributed by atoms with Crippen LogP contribution in [-0.4, -0.2) is 66.5 Å². The van der Waals surface area contributed by atoms with Crippen LogP contribution in [0.15, 0.2) is 18.2 Å². The largest absolute Gasteiger partial charge is 0.487 e. The molecular weight excluding hydrogens is 420 g/mol. The molecule has 2 saturated heterocycles. The number of carbonyl (C=O) groups is 3. The molecule has 0 aromatic heterocycles. The first-order valence-electron chi connectivity index (χ1n) is 10.9. The fourth-order valence-electron chi connectivity index (χ4n) is 4.72. The summed E-state index contributed by atoms with van der Waals surface area (Å²) in [5, 5.41) is 0.555. The van der Waals surface area contributed by atoms with Crippen molar-refractivity contribution in [3.8, 4) is 5.75 Å². The van der Waals surface area contributed by atoms with Gasteiger partial charge in [0, 0.05) is 43.0 Å². The summed E-state index contributed by atoms with van der Waals surface area (Å²) in [5.41, 5.74) is 6.07. The number of hydrogen-bond donors (Lipinski definition) is 1. The van der Waals surface area contributed by atoms with Crippen molar-refractivity contribution in [2.45, 2.75) is 38.7 Å². The highest BCUT2D eigenvalue weighted by Crippen LogP contribution is 2.36. The highest BCUT2D eigenvalue weighted by atomic mass is 35.5. The number of piperidine rings is 2. The number of urea groups is 1. The molecule has 0 saturated carbocycles. The molecule has 4 amide bonds. The van der Waals surface area contributed by atoms with Gasteiger partial charge in [0.05, 0.1) is 12.2 Å². The third-order valence-corrected chi connectivity index (χ3v) is 6.77. The van der Waals surface area contributed by atoms with Crippen LogP contribution in [0.25, 0.3) is 0 Å². The number of nitrogens with zero attached hydrogens (tertiary/aromatic N) is 3. The zero-order valence-electron chi connectivity index (χ0n) is 17.8. The van der Waals surface area contributed by atoms with Crippen LogP contribution in [0.5, 0.6) is 5.75 Å². The Labute approximate surface area is 187 Å². The molecule has 2 N–H and O–H groups in total. The van der Waals surface area contributed by atoms with E-state index in [0.717, 1.165) is 0 Å². The Hall–Kier alpha value is -2.48. The Morgan fingerprint density at radius 1 is 1.00 bits per heavy atom. The van der Waals surface area contributed by atoms with Crippen molar-refractivity contribution in [1.82, 2.24) is 9.80 Å². The predicted octanol–water partition coefficient (Wildman–Crippen LogP) is 2.48. The molecular formula is C22H29ClN4O4. The van der Waals surface area contributed by atoms with Gasteiger partial charge in [0.2, 0.25) is 11.8 Å². The van der Waals surface area contributed by atoms with E-state index in [9.17, 15) is 14.4 Å². The van der Waals surface area contributed by atoms with E-state index in [1.807, 2.05) is 16.7 Å². The van der Waals surface area contributed by atoms with Crippen molar-refractivity contribution >= 4 is 35.1 Å². The number of primary amides is 1. The molecule has 3 heterocycles. The normalized spacial score (nSPS) is 22.6. The summed E-state index contributed by atoms with van der Waals surface area (Å²) in [4.78, 5) is 42.9. The number of halogens is 1. The van der Waals surface area contributed by atoms with Crippen molar-refractivity contribution in [2.24, 2.45) is 17.6 Å². The van der Waals surface area contributed by atoms with Gasteiger partial charge in [-0.1, -0.05) is 11.6 Å². The van der Waals surface area contributed by atoms with Crippen molar-refractivity contribution < 1.29 is 19.1 Å². The van der Waals surface area contributed by atoms with Gasteiger partial charge < -0.3 is 20.3 Å². The maximum Gasteiger partial charge on any atom is 0.324 e. The smallest absolute Gasteiger partial charge is 0.324 e. The van der Waals surface area contributed by atoms with Crippen LogP contribution >= 0.6 is 11.6 Å². The fourth-order valence-corrected chi connectivity index (χ4v) is 4.89. The second-order valence-electron chi connectivity index (χ2n) is 8.70. The number of carbonyl (C=O) groups excluding carboxylic acids is 3. The summed E-state index contributed by atoms with van der Waals surface area (Å²) in [6.45, 7) is 4.62. The molecule has 1 aromatic carbocycles. The lowest BCUT2D eigenvalue weighted by Crippen LogP contribution is -2.52. The number of anilines is 1. The van der Waals surface area contributed by atoms with Crippen molar-refractivity contribution in [3.63, 3.8) is 0 Å². The van der Waals surface area contributed by atoms with Gasteiger partial charge in [-0.05, 0) is 50.8 Å². The molecule has 0 unspecified atom stereocenters. The molecule has 3 aliphatic heterocycles. The Balaban J connectivity index is 1.35. The van der Waals surface area contributed by atoms with E-state index in [-0.39, 0.29) is 35.8 Å². The SMILES string of the molecule is C[C@@H]1CN(C(=O)N2CCC(C(=O)N3CCC(C(N)=O)CC3)CC2)c2cc(Cl)ccc2O1. The topological polar surface area (TPSA) is 96.2 Å². The van der Waals surface area contributed by atoms with E-state index < -0.39 is 0 Å². The maximum absolute atomic E-state index is 13.3. The summed E-state index contributed by atoms with van der Waals surface area (Å²) in [7, 11) is 0. The Morgan fingerprint density at radius 3 is 2.26 bits per heavy atom. The summed E-state index contributed by atoms with van der Waals surface area (Å²) in [5.74, 6) is 0.294. The average Bonchev–Trinajstić information content (AvgIpc) is 2.78. The minimum atomic E-state index is -0.279. The lowest BCUT2D eigenvalue weighted by atomic mass is 9.92. The van der Waals surface area contributed by atoms with Crippen LogP contribution in [0, 0.1) is 11.8 Å². The Bertz CT molecular complexity index is 863. The van der Waals surface area contributed by atoms with Crippen LogP contribution in [0.2, 0.25) is 5.02 Å². The number of ether oxygens (including phenoxy) is 1. The van der Waals surface area contributed by atoms with Gasteiger partial charge in [0.25, 0.3) is 0 Å². The van der Waals surface area contributed by atoms with Gasteiger partial charge >= 0.3 is 6.03 Å². The van der Waals surface area contributed by atoms with E-state index in [0.29, 0.717) is 74.9 Å². The minimum absolute atomic E-state index is 0.0770. The van der Waals surface area contributed by atoms with Crippen LogP contribution in [0.1, 0.15) is 32.6 Å². The average molecular weight is 449 g/mol. The summed E-state index contributed by atoms with van der Waals surface area (Å²) >= 11 is 6.15. The fraction of sp³-hybridized carbons (Fsp3) is 0.591. The van der Waals surface area contributed by atoms with E-state index in [4.69, 9.17) is 22.1 Å². The monoisotopic (exact) mass is 448 g/mol. The predicted molar refractivity (Wildman–Crippen MR) is 117 cm³/mol. The van der Waals surface area contributed by atoms with E-state index >= 15 is 0 Å². The lowest BCUT2D eigenvalue weighted by Gasteiger charge is -2.40. The standard InChI is InChI=1S/C22H29ClN4O4/c1-14-13-27(18-12-17(23)2-3-19(18)31-14)22(30)26-10-6-16(7-11-26)21(29)25-8-4-15(5-9-25)20(24)28/h2-3,12,14-16H,4-11,13H2,1H3,(H2,24,28)/t14-/m1/s1. The first kappa shape index (κ1) is 21.7. The molecule has 0 radical (unpaired) electrons. The molecule has 0 spiro atoms.